The standard InChI is InChI=1S/C21H36N6O/c1-18(2)16-19(25-12-14-28-15-13-25)17-24-21(22-3)27-10-8-26(9-11-27)20-6-4-5-7-23-20/h4-7,18-19H,8-17H2,1-3H3,(H,22,24). The molecule has 0 radical (unpaired) electrons. The average Bonchev–Trinajstić information content (AvgIpc) is 2.75. The summed E-state index contributed by atoms with van der Waals surface area (Å²) >= 11 is 0. The van der Waals surface area contributed by atoms with Gasteiger partial charge in [-0.05, 0) is 24.5 Å². The Bertz CT molecular complexity index is 594. The maximum atomic E-state index is 5.54. The smallest absolute Gasteiger partial charge is 0.193 e. The number of guanidine groups is 1. The molecule has 7 heteroatoms. The van der Waals surface area contributed by atoms with Gasteiger partial charge in [-0.2, -0.15) is 0 Å². The van der Waals surface area contributed by atoms with Crippen LogP contribution in [-0.4, -0.2) is 92.9 Å². The summed E-state index contributed by atoms with van der Waals surface area (Å²) in [4.78, 5) is 16.3. The molecular formula is C21H36N6O. The van der Waals surface area contributed by atoms with Crippen molar-refractivity contribution in [3.63, 3.8) is 0 Å². The third-order valence-corrected chi connectivity index (χ3v) is 5.57. The molecule has 0 spiro atoms. The van der Waals surface area contributed by atoms with E-state index in [0.29, 0.717) is 12.0 Å². The van der Waals surface area contributed by atoms with Crippen molar-refractivity contribution in [1.29, 1.82) is 0 Å². The largest absolute Gasteiger partial charge is 0.379 e. The van der Waals surface area contributed by atoms with Crippen molar-refractivity contribution in [1.82, 2.24) is 20.1 Å². The SMILES string of the molecule is CN=C(NCC(CC(C)C)N1CCOCC1)N1CCN(c2ccccn2)CC1. The summed E-state index contributed by atoms with van der Waals surface area (Å²) < 4.78 is 5.54. The van der Waals surface area contributed by atoms with Crippen LogP contribution >= 0.6 is 0 Å². The number of anilines is 1. The van der Waals surface area contributed by atoms with Crippen LogP contribution in [0, 0.1) is 5.92 Å². The van der Waals surface area contributed by atoms with E-state index in [1.165, 1.54) is 6.42 Å². The highest BCUT2D eigenvalue weighted by Gasteiger charge is 2.24. The Hall–Kier alpha value is -1.86. The number of morpholine rings is 1. The molecule has 3 rings (SSSR count). The molecule has 0 aromatic carbocycles. The van der Waals surface area contributed by atoms with Gasteiger partial charge in [-0.3, -0.25) is 9.89 Å². The molecule has 1 aromatic rings. The first kappa shape index (κ1) is 20.9. The monoisotopic (exact) mass is 388 g/mol. The van der Waals surface area contributed by atoms with Crippen LogP contribution < -0.4 is 10.2 Å². The summed E-state index contributed by atoms with van der Waals surface area (Å²) in [7, 11) is 1.89. The fourth-order valence-corrected chi connectivity index (χ4v) is 4.08. The van der Waals surface area contributed by atoms with E-state index in [1.54, 1.807) is 0 Å². The maximum absolute atomic E-state index is 5.54. The van der Waals surface area contributed by atoms with E-state index in [0.717, 1.165) is 70.8 Å². The zero-order chi connectivity index (χ0) is 19.8. The lowest BCUT2D eigenvalue weighted by Gasteiger charge is -2.39. The zero-order valence-electron chi connectivity index (χ0n) is 17.7. The fourth-order valence-electron chi connectivity index (χ4n) is 4.08. The Kier molecular flexibility index (Phi) is 7.91. The molecule has 7 nitrogen and oxygen atoms in total. The van der Waals surface area contributed by atoms with Crippen LogP contribution in [0.25, 0.3) is 0 Å². The lowest BCUT2D eigenvalue weighted by atomic mass is 10.0. The summed E-state index contributed by atoms with van der Waals surface area (Å²) in [6.45, 7) is 13.2. The van der Waals surface area contributed by atoms with E-state index in [9.17, 15) is 0 Å². The molecule has 2 aliphatic heterocycles. The maximum Gasteiger partial charge on any atom is 0.193 e. The molecular weight excluding hydrogens is 352 g/mol. The molecule has 2 aliphatic rings. The number of hydrogen-bond donors (Lipinski definition) is 1. The van der Waals surface area contributed by atoms with E-state index in [-0.39, 0.29) is 0 Å². The minimum atomic E-state index is 0.524. The number of aromatic nitrogens is 1. The highest BCUT2D eigenvalue weighted by atomic mass is 16.5. The summed E-state index contributed by atoms with van der Waals surface area (Å²) in [5, 5.41) is 3.66. The van der Waals surface area contributed by atoms with E-state index in [2.05, 4.69) is 56.0 Å². The molecule has 0 amide bonds. The van der Waals surface area contributed by atoms with Gasteiger partial charge in [0.1, 0.15) is 5.82 Å². The van der Waals surface area contributed by atoms with Crippen LogP contribution in [0.1, 0.15) is 20.3 Å². The predicted octanol–water partition coefficient (Wildman–Crippen LogP) is 1.53. The molecule has 156 valence electrons. The summed E-state index contributed by atoms with van der Waals surface area (Å²) in [5.41, 5.74) is 0. The van der Waals surface area contributed by atoms with E-state index in [1.807, 2.05) is 19.3 Å². The molecule has 1 N–H and O–H groups in total. The first-order chi connectivity index (χ1) is 13.7. The van der Waals surface area contributed by atoms with Crippen molar-refractivity contribution in [3.8, 4) is 0 Å². The van der Waals surface area contributed by atoms with Gasteiger partial charge in [0, 0.05) is 65.1 Å². The van der Waals surface area contributed by atoms with Crippen LogP contribution in [0.3, 0.4) is 0 Å². The Balaban J connectivity index is 1.52. The van der Waals surface area contributed by atoms with Crippen LogP contribution in [0.5, 0.6) is 0 Å². The Labute approximate surface area is 169 Å². The second-order valence-corrected chi connectivity index (χ2v) is 8.02. The van der Waals surface area contributed by atoms with Crippen molar-refractivity contribution < 1.29 is 4.74 Å². The van der Waals surface area contributed by atoms with E-state index < -0.39 is 0 Å². The Morgan fingerprint density at radius 3 is 2.50 bits per heavy atom. The number of rotatable bonds is 6. The minimum absolute atomic E-state index is 0.524. The van der Waals surface area contributed by atoms with Gasteiger partial charge in [0.05, 0.1) is 13.2 Å². The molecule has 0 saturated carbocycles. The molecule has 28 heavy (non-hydrogen) atoms. The fraction of sp³-hybridized carbons (Fsp3) is 0.714. The molecule has 1 aromatic heterocycles. The second-order valence-electron chi connectivity index (χ2n) is 8.02. The zero-order valence-corrected chi connectivity index (χ0v) is 17.7. The van der Waals surface area contributed by atoms with Crippen molar-refractivity contribution in [2.75, 3.05) is 71.0 Å². The van der Waals surface area contributed by atoms with Crippen LogP contribution in [0.2, 0.25) is 0 Å². The van der Waals surface area contributed by atoms with Crippen molar-refractivity contribution in [3.05, 3.63) is 24.4 Å². The third-order valence-electron chi connectivity index (χ3n) is 5.57. The highest BCUT2D eigenvalue weighted by molar-refractivity contribution is 5.80. The average molecular weight is 389 g/mol. The number of piperazine rings is 1. The highest BCUT2D eigenvalue weighted by Crippen LogP contribution is 2.14. The Morgan fingerprint density at radius 2 is 1.89 bits per heavy atom. The minimum Gasteiger partial charge on any atom is -0.379 e. The molecule has 1 unspecified atom stereocenters. The molecule has 3 heterocycles. The number of pyridine rings is 1. The van der Waals surface area contributed by atoms with Gasteiger partial charge in [0.25, 0.3) is 0 Å². The van der Waals surface area contributed by atoms with E-state index >= 15 is 0 Å². The topological polar surface area (TPSA) is 56.2 Å². The van der Waals surface area contributed by atoms with Crippen LogP contribution in [-0.2, 0) is 4.74 Å². The van der Waals surface area contributed by atoms with Gasteiger partial charge in [-0.1, -0.05) is 19.9 Å². The van der Waals surface area contributed by atoms with Gasteiger partial charge in [0.15, 0.2) is 5.96 Å². The van der Waals surface area contributed by atoms with Crippen LogP contribution in [0.4, 0.5) is 5.82 Å². The van der Waals surface area contributed by atoms with Crippen molar-refractivity contribution >= 4 is 11.8 Å². The second kappa shape index (κ2) is 10.6. The van der Waals surface area contributed by atoms with E-state index in [4.69, 9.17) is 4.74 Å². The molecule has 0 bridgehead atoms. The summed E-state index contributed by atoms with van der Waals surface area (Å²) in [6, 6.07) is 6.63. The normalized spacial score (nSPS) is 20.5. The number of aliphatic imine (C=N–C) groups is 1. The lowest BCUT2D eigenvalue weighted by molar-refractivity contribution is 0.0131. The number of nitrogens with zero attached hydrogens (tertiary/aromatic N) is 5. The molecule has 2 fully saturated rings. The predicted molar refractivity (Wildman–Crippen MR) is 115 cm³/mol. The third kappa shape index (κ3) is 5.82. The number of nitrogens with one attached hydrogen (secondary N) is 1. The number of hydrogen-bond acceptors (Lipinski definition) is 5. The molecule has 2 saturated heterocycles. The van der Waals surface area contributed by atoms with Gasteiger partial charge >= 0.3 is 0 Å². The van der Waals surface area contributed by atoms with Gasteiger partial charge < -0.3 is 19.9 Å². The van der Waals surface area contributed by atoms with Gasteiger partial charge in [-0.15, -0.1) is 0 Å². The van der Waals surface area contributed by atoms with Crippen LogP contribution in [0.15, 0.2) is 29.4 Å². The van der Waals surface area contributed by atoms with Crippen molar-refractivity contribution in [2.45, 2.75) is 26.3 Å². The lowest BCUT2D eigenvalue weighted by Crippen LogP contribution is -2.55. The first-order valence-electron chi connectivity index (χ1n) is 10.6. The molecule has 0 aliphatic carbocycles. The number of ether oxygens (including phenoxy) is 1. The molecule has 1 atom stereocenters. The summed E-state index contributed by atoms with van der Waals surface area (Å²) in [6.07, 6.45) is 3.06. The Morgan fingerprint density at radius 1 is 1.14 bits per heavy atom. The van der Waals surface area contributed by atoms with Gasteiger partial charge in [0.2, 0.25) is 0 Å². The first-order valence-corrected chi connectivity index (χ1v) is 10.6. The van der Waals surface area contributed by atoms with Crippen molar-refractivity contribution in [2.24, 2.45) is 10.9 Å². The quantitative estimate of drug-likeness (QED) is 0.589. The summed E-state index contributed by atoms with van der Waals surface area (Å²) in [5.74, 6) is 2.76. The van der Waals surface area contributed by atoms with Gasteiger partial charge in [-0.25, -0.2) is 4.98 Å².